The van der Waals surface area contributed by atoms with E-state index in [2.05, 4.69) is 198 Å². The molecule has 1 N–H and O–H groups in total. The zero-order valence-corrected chi connectivity index (χ0v) is 31.2. The van der Waals surface area contributed by atoms with Crippen LogP contribution in [0.4, 0.5) is 0 Å². The van der Waals surface area contributed by atoms with Crippen molar-refractivity contribution in [3.8, 4) is 11.4 Å². The number of nitrogens with zero attached hydrogens (tertiary/aromatic N) is 3. The summed E-state index contributed by atoms with van der Waals surface area (Å²) in [6.45, 7) is 2.11. The van der Waals surface area contributed by atoms with Crippen LogP contribution in [-0.2, 0) is 0 Å². The molecule has 0 saturated heterocycles. The Balaban J connectivity index is 1.21. The van der Waals surface area contributed by atoms with Crippen molar-refractivity contribution in [3.63, 3.8) is 0 Å². The highest BCUT2D eigenvalue weighted by Crippen LogP contribution is 2.62. The molecule has 1 aliphatic heterocycles. The molecule has 0 unspecified atom stereocenters. The zero-order chi connectivity index (χ0) is 36.6. The fraction of sp³-hybridized carbons (Fsp3) is 0.0612. The monoisotopic (exact) mass is 714 g/mol. The van der Waals surface area contributed by atoms with E-state index in [1.165, 1.54) is 32.0 Å². The SMILES string of the molecule is CC(=N/C(=C1\C(=N)S(C)(C)c2ccccc21)c1cccc(-n2c3ccccc3c3ccccc32)c1)c1ccc2c3ccccc3n(-c3ccccc3)c2c1. The zero-order valence-electron chi connectivity index (χ0n) is 30.4. The third-order valence-corrected chi connectivity index (χ3v) is 13.7. The minimum absolute atomic E-state index is 0.664. The van der Waals surface area contributed by atoms with Crippen LogP contribution in [0.3, 0.4) is 0 Å². The molecule has 0 radical (unpaired) electrons. The molecule has 260 valence electrons. The summed E-state index contributed by atoms with van der Waals surface area (Å²) in [6, 6.07) is 60.4. The van der Waals surface area contributed by atoms with Gasteiger partial charge in [-0.15, -0.1) is 0 Å². The largest absolute Gasteiger partial charge is 0.309 e. The Morgan fingerprint density at radius 3 is 1.70 bits per heavy atom. The minimum Gasteiger partial charge on any atom is -0.309 e. The standard InChI is InChI=1S/C49H38N4S/c1-32(33-28-29-40-39-22-9-11-24-42(39)52(45(40)31-33)35-17-5-4-6-18-35)51-48(47-41-23-10-14-27-46(41)54(2,3)49(47)50)34-16-15-19-36(30-34)53-43-25-12-7-20-37(43)38-21-8-13-26-44(38)53/h4-31,50H,1-3H3/b48-47-,50-49?,51-32?. The van der Waals surface area contributed by atoms with Gasteiger partial charge in [0.2, 0.25) is 0 Å². The van der Waals surface area contributed by atoms with Crippen molar-refractivity contribution in [1.82, 2.24) is 9.13 Å². The summed E-state index contributed by atoms with van der Waals surface area (Å²) in [4.78, 5) is 6.81. The Kier molecular flexibility index (Phi) is 7.36. The third-order valence-electron chi connectivity index (χ3n) is 11.0. The van der Waals surface area contributed by atoms with Crippen LogP contribution in [0.15, 0.2) is 180 Å². The molecule has 9 aromatic rings. The van der Waals surface area contributed by atoms with Crippen LogP contribution < -0.4 is 0 Å². The quantitative estimate of drug-likeness (QED) is 0.173. The maximum atomic E-state index is 9.73. The molecule has 1 aliphatic rings. The number of aliphatic imine (C=N–C) groups is 1. The first kappa shape index (κ1) is 32.2. The van der Waals surface area contributed by atoms with Gasteiger partial charge in [0.05, 0.1) is 32.8 Å². The molecule has 4 nitrogen and oxygen atoms in total. The molecule has 0 atom stereocenters. The van der Waals surface area contributed by atoms with Crippen molar-refractivity contribution >= 4 is 75.7 Å². The summed E-state index contributed by atoms with van der Waals surface area (Å²) in [5.41, 5.74) is 12.6. The predicted molar refractivity (Wildman–Crippen MR) is 232 cm³/mol. The fourth-order valence-electron chi connectivity index (χ4n) is 8.38. The topological polar surface area (TPSA) is 46.1 Å². The van der Waals surface area contributed by atoms with E-state index < -0.39 is 10.0 Å². The summed E-state index contributed by atoms with van der Waals surface area (Å²) >= 11 is 0. The Morgan fingerprint density at radius 2 is 1.04 bits per heavy atom. The maximum Gasteiger partial charge on any atom is 0.0836 e. The van der Waals surface area contributed by atoms with Gasteiger partial charge in [-0.1, -0.05) is 115 Å². The van der Waals surface area contributed by atoms with Gasteiger partial charge < -0.3 is 9.13 Å². The van der Waals surface area contributed by atoms with Crippen LogP contribution in [-0.4, -0.2) is 32.4 Å². The van der Waals surface area contributed by atoms with E-state index in [0.29, 0.717) is 5.04 Å². The normalized spacial score (nSPS) is 15.7. The number of benzene rings is 7. The average molecular weight is 715 g/mol. The minimum atomic E-state index is -1.53. The number of rotatable bonds is 5. The second kappa shape index (κ2) is 12.3. The summed E-state index contributed by atoms with van der Waals surface area (Å²) in [5, 5.41) is 15.3. The molecule has 0 spiro atoms. The molecule has 2 aromatic heterocycles. The highest BCUT2D eigenvalue weighted by atomic mass is 32.3. The number of fused-ring (bicyclic) bond motifs is 7. The summed E-state index contributed by atoms with van der Waals surface area (Å²) in [6.07, 6.45) is 4.47. The average Bonchev–Trinajstić information content (AvgIpc) is 3.80. The Bertz CT molecular complexity index is 3000. The van der Waals surface area contributed by atoms with Crippen molar-refractivity contribution in [3.05, 3.63) is 187 Å². The summed E-state index contributed by atoms with van der Waals surface area (Å²) in [5.74, 6) is 0. The van der Waals surface area contributed by atoms with E-state index in [1.54, 1.807) is 0 Å². The first-order valence-electron chi connectivity index (χ1n) is 18.3. The molecule has 54 heavy (non-hydrogen) atoms. The van der Waals surface area contributed by atoms with E-state index in [0.717, 1.165) is 61.6 Å². The van der Waals surface area contributed by atoms with Gasteiger partial charge in [-0.05, 0) is 85.2 Å². The summed E-state index contributed by atoms with van der Waals surface area (Å²) in [7, 11) is -1.53. The predicted octanol–water partition coefficient (Wildman–Crippen LogP) is 12.7. The second-order valence-corrected chi connectivity index (χ2v) is 17.9. The molecule has 5 heteroatoms. The van der Waals surface area contributed by atoms with E-state index in [1.807, 2.05) is 0 Å². The van der Waals surface area contributed by atoms with E-state index in [9.17, 15) is 5.41 Å². The number of nitrogens with one attached hydrogen (secondary N) is 1. The van der Waals surface area contributed by atoms with Gasteiger partial charge in [0.25, 0.3) is 0 Å². The van der Waals surface area contributed by atoms with E-state index in [4.69, 9.17) is 4.99 Å². The first-order valence-corrected chi connectivity index (χ1v) is 20.7. The van der Waals surface area contributed by atoms with E-state index in [-0.39, 0.29) is 0 Å². The van der Waals surface area contributed by atoms with Crippen molar-refractivity contribution in [2.75, 3.05) is 12.5 Å². The van der Waals surface area contributed by atoms with Crippen molar-refractivity contribution < 1.29 is 0 Å². The summed E-state index contributed by atoms with van der Waals surface area (Å²) < 4.78 is 4.71. The smallest absolute Gasteiger partial charge is 0.0836 e. The first-order chi connectivity index (χ1) is 26.4. The van der Waals surface area contributed by atoms with Gasteiger partial charge in [-0.25, -0.2) is 0 Å². The maximum absolute atomic E-state index is 9.73. The van der Waals surface area contributed by atoms with Crippen LogP contribution >= 0.6 is 10.0 Å². The van der Waals surface area contributed by atoms with Crippen molar-refractivity contribution in [1.29, 1.82) is 5.41 Å². The van der Waals surface area contributed by atoms with Gasteiger partial charge in [-0.2, -0.15) is 10.0 Å². The Morgan fingerprint density at radius 1 is 0.500 bits per heavy atom. The molecule has 0 saturated carbocycles. The molecule has 10 rings (SSSR count). The molecular weight excluding hydrogens is 677 g/mol. The lowest BCUT2D eigenvalue weighted by atomic mass is 9.99. The molecule has 0 fully saturated rings. The molecule has 0 bridgehead atoms. The lowest BCUT2D eigenvalue weighted by Crippen LogP contribution is -2.05. The third kappa shape index (κ3) is 4.85. The Hall–Kier alpha value is -6.43. The number of hydrogen-bond acceptors (Lipinski definition) is 2. The van der Waals surface area contributed by atoms with Crippen LogP contribution in [0.1, 0.15) is 23.6 Å². The van der Waals surface area contributed by atoms with Gasteiger partial charge in [0.15, 0.2) is 0 Å². The van der Waals surface area contributed by atoms with Gasteiger partial charge in [-0.3, -0.25) is 10.4 Å². The van der Waals surface area contributed by atoms with Gasteiger partial charge in [0.1, 0.15) is 0 Å². The number of hydrogen-bond donors (Lipinski definition) is 1. The highest BCUT2D eigenvalue weighted by Gasteiger charge is 2.37. The van der Waals surface area contributed by atoms with Crippen LogP contribution in [0.5, 0.6) is 0 Å². The number of aromatic nitrogens is 2. The lowest BCUT2D eigenvalue weighted by molar-refractivity contribution is 1.18. The van der Waals surface area contributed by atoms with Crippen molar-refractivity contribution in [2.24, 2.45) is 4.99 Å². The molecule has 7 aromatic carbocycles. The van der Waals surface area contributed by atoms with Gasteiger partial charge >= 0.3 is 0 Å². The van der Waals surface area contributed by atoms with Crippen molar-refractivity contribution in [2.45, 2.75) is 11.8 Å². The molecule has 0 aliphatic carbocycles. The van der Waals surface area contributed by atoms with Crippen LogP contribution in [0.25, 0.3) is 66.3 Å². The molecule has 3 heterocycles. The molecular formula is C49H38N4S. The Labute approximate surface area is 316 Å². The lowest BCUT2D eigenvalue weighted by Gasteiger charge is -2.26. The highest BCUT2D eigenvalue weighted by molar-refractivity contribution is 8.45. The second-order valence-electron chi connectivity index (χ2n) is 14.4. The number of para-hydroxylation sites is 4. The van der Waals surface area contributed by atoms with Crippen LogP contribution in [0.2, 0.25) is 0 Å². The van der Waals surface area contributed by atoms with E-state index >= 15 is 0 Å². The molecule has 0 amide bonds. The van der Waals surface area contributed by atoms with Crippen LogP contribution in [0, 0.1) is 5.41 Å². The van der Waals surface area contributed by atoms with Gasteiger partial charge in [0, 0.05) is 54.7 Å². The fourth-order valence-corrected chi connectivity index (χ4v) is 10.5.